The monoisotopic (exact) mass is 505 g/mol. The lowest BCUT2D eigenvalue weighted by Crippen LogP contribution is -2.31. The maximum absolute atomic E-state index is 12.0. The van der Waals surface area contributed by atoms with E-state index in [-0.39, 0.29) is 25.1 Å². The number of pyridine rings is 1. The van der Waals surface area contributed by atoms with Crippen molar-refractivity contribution >= 4 is 23.6 Å². The van der Waals surface area contributed by atoms with Crippen LogP contribution in [0.25, 0.3) is 22.5 Å². The average Bonchev–Trinajstić information content (AvgIpc) is 3.29. The molecule has 1 aliphatic rings. The maximum Gasteiger partial charge on any atom is 0.490 e. The number of halogens is 3. The molecule has 0 radical (unpaired) electrons. The third kappa shape index (κ3) is 6.82. The zero-order chi connectivity index (χ0) is 26.3. The first-order valence-corrected chi connectivity index (χ1v) is 10.6. The zero-order valence-corrected chi connectivity index (χ0v) is 18.6. The predicted molar refractivity (Wildman–Crippen MR) is 123 cm³/mol. The lowest BCUT2D eigenvalue weighted by Gasteiger charge is -2.11. The molecule has 0 spiro atoms. The van der Waals surface area contributed by atoms with E-state index >= 15 is 0 Å². The quantitative estimate of drug-likeness (QED) is 0.313. The SMILES string of the molecule is O=C(NCCO)Nc1ccc(-c2cc(-c3cc4c([nH]3)CCNC4=O)ccn2)cc1.O=C(O)C(F)(F)F. The number of aromatic amines is 1. The molecule has 0 saturated heterocycles. The van der Waals surface area contributed by atoms with Crippen molar-refractivity contribution in [3.8, 4) is 22.5 Å². The van der Waals surface area contributed by atoms with Gasteiger partial charge in [-0.25, -0.2) is 9.59 Å². The summed E-state index contributed by atoms with van der Waals surface area (Å²) >= 11 is 0. The number of amides is 3. The van der Waals surface area contributed by atoms with E-state index in [2.05, 4.69) is 25.9 Å². The van der Waals surface area contributed by atoms with Gasteiger partial charge in [0.25, 0.3) is 5.91 Å². The van der Waals surface area contributed by atoms with E-state index in [0.29, 0.717) is 17.8 Å². The van der Waals surface area contributed by atoms with E-state index < -0.39 is 12.1 Å². The number of aliphatic carboxylic acids is 1. The number of nitrogens with one attached hydrogen (secondary N) is 4. The molecule has 0 unspecified atom stereocenters. The van der Waals surface area contributed by atoms with Gasteiger partial charge < -0.3 is 31.1 Å². The minimum atomic E-state index is -5.08. The number of carbonyl (C=O) groups is 3. The first kappa shape index (κ1) is 26.2. The number of carboxylic acid groups (broad SMARTS) is 1. The molecule has 6 N–H and O–H groups in total. The second-order valence-electron chi connectivity index (χ2n) is 7.50. The molecule has 3 aromatic rings. The van der Waals surface area contributed by atoms with Gasteiger partial charge in [0.05, 0.1) is 17.9 Å². The predicted octanol–water partition coefficient (Wildman–Crippen LogP) is 2.78. The van der Waals surface area contributed by atoms with Gasteiger partial charge in [0.1, 0.15) is 0 Å². The Morgan fingerprint density at radius 2 is 1.78 bits per heavy atom. The fraction of sp³-hybridized carbons (Fsp3) is 0.217. The first-order chi connectivity index (χ1) is 17.1. The Bertz CT molecular complexity index is 1240. The van der Waals surface area contributed by atoms with Crippen LogP contribution in [-0.2, 0) is 11.2 Å². The Labute approximate surface area is 202 Å². The van der Waals surface area contributed by atoms with Crippen molar-refractivity contribution in [2.24, 2.45) is 0 Å². The number of hydrogen-bond acceptors (Lipinski definition) is 5. The Hall–Kier alpha value is -4.39. The Balaban J connectivity index is 0.000000454. The largest absolute Gasteiger partial charge is 0.490 e. The van der Waals surface area contributed by atoms with Crippen LogP contribution in [0.15, 0.2) is 48.7 Å². The molecule has 2 aromatic heterocycles. The van der Waals surface area contributed by atoms with Crippen LogP contribution >= 0.6 is 0 Å². The summed E-state index contributed by atoms with van der Waals surface area (Å²) < 4.78 is 31.7. The maximum atomic E-state index is 12.0. The van der Waals surface area contributed by atoms with Crippen LogP contribution in [0.2, 0.25) is 0 Å². The molecule has 0 atom stereocenters. The van der Waals surface area contributed by atoms with E-state index in [1.165, 1.54) is 0 Å². The first-order valence-electron chi connectivity index (χ1n) is 10.6. The molecule has 3 heterocycles. The summed E-state index contributed by atoms with van der Waals surface area (Å²) in [4.78, 5) is 40.3. The summed E-state index contributed by atoms with van der Waals surface area (Å²) in [6.45, 7) is 0.735. The van der Waals surface area contributed by atoms with Crippen molar-refractivity contribution in [2.45, 2.75) is 12.6 Å². The van der Waals surface area contributed by atoms with Crippen LogP contribution in [0.4, 0.5) is 23.7 Å². The number of aliphatic hydroxyl groups excluding tert-OH is 1. The highest BCUT2D eigenvalue weighted by atomic mass is 19.4. The summed E-state index contributed by atoms with van der Waals surface area (Å²) in [5.74, 6) is -2.80. The number of nitrogens with zero attached hydrogens (tertiary/aromatic N) is 1. The molecule has 190 valence electrons. The number of carboxylic acids is 1. The van der Waals surface area contributed by atoms with Gasteiger partial charge >= 0.3 is 18.2 Å². The van der Waals surface area contributed by atoms with E-state index in [0.717, 1.165) is 34.6 Å². The topological polar surface area (TPSA) is 156 Å². The molecular weight excluding hydrogens is 483 g/mol. The number of aliphatic hydroxyl groups is 1. The van der Waals surface area contributed by atoms with Crippen LogP contribution in [0.5, 0.6) is 0 Å². The number of benzene rings is 1. The fourth-order valence-electron chi connectivity index (χ4n) is 3.27. The number of H-pyrrole nitrogens is 1. The number of urea groups is 1. The van der Waals surface area contributed by atoms with Gasteiger partial charge in [-0.2, -0.15) is 13.2 Å². The van der Waals surface area contributed by atoms with Crippen LogP contribution in [-0.4, -0.2) is 64.0 Å². The van der Waals surface area contributed by atoms with Crippen molar-refractivity contribution < 1.29 is 37.8 Å². The molecule has 4 rings (SSSR count). The van der Waals surface area contributed by atoms with Gasteiger partial charge in [0.2, 0.25) is 0 Å². The second-order valence-corrected chi connectivity index (χ2v) is 7.50. The van der Waals surface area contributed by atoms with Crippen molar-refractivity contribution in [1.82, 2.24) is 20.6 Å². The second kappa shape index (κ2) is 11.4. The lowest BCUT2D eigenvalue weighted by atomic mass is 10.1. The molecular formula is C23H22F3N5O5. The summed E-state index contributed by atoms with van der Waals surface area (Å²) in [6.07, 6.45) is -2.56. The molecule has 0 saturated carbocycles. The number of fused-ring (bicyclic) bond motifs is 1. The molecule has 13 heteroatoms. The molecule has 0 bridgehead atoms. The number of hydrogen-bond donors (Lipinski definition) is 6. The number of alkyl halides is 3. The van der Waals surface area contributed by atoms with Crippen LogP contribution in [0, 0.1) is 0 Å². The zero-order valence-electron chi connectivity index (χ0n) is 18.6. The Kier molecular flexibility index (Phi) is 8.27. The van der Waals surface area contributed by atoms with Gasteiger partial charge in [-0.1, -0.05) is 12.1 Å². The number of rotatable bonds is 5. The van der Waals surface area contributed by atoms with Crippen LogP contribution in [0.3, 0.4) is 0 Å². The van der Waals surface area contributed by atoms with E-state index in [1.807, 2.05) is 30.3 Å². The van der Waals surface area contributed by atoms with Crippen LogP contribution < -0.4 is 16.0 Å². The fourth-order valence-corrected chi connectivity index (χ4v) is 3.27. The van der Waals surface area contributed by atoms with Gasteiger partial charge in [0, 0.05) is 53.9 Å². The lowest BCUT2D eigenvalue weighted by molar-refractivity contribution is -0.192. The van der Waals surface area contributed by atoms with Crippen molar-refractivity contribution in [1.29, 1.82) is 0 Å². The van der Waals surface area contributed by atoms with Crippen molar-refractivity contribution in [3.05, 3.63) is 59.9 Å². The highest BCUT2D eigenvalue weighted by molar-refractivity contribution is 5.97. The number of carbonyl (C=O) groups excluding carboxylic acids is 2. The standard InChI is InChI=1S/C21H21N5O3.C2HF3O2/c27-10-9-24-21(29)25-15-3-1-13(2-4-15)18-11-14(5-7-22-18)19-12-16-17(26-19)6-8-23-20(16)28;3-2(4,5)1(6)7/h1-5,7,11-12,26-27H,6,8-10H2,(H,23,28)(H2,24,25,29);(H,6,7). The molecule has 36 heavy (non-hydrogen) atoms. The highest BCUT2D eigenvalue weighted by Crippen LogP contribution is 2.27. The minimum absolute atomic E-state index is 0.0471. The van der Waals surface area contributed by atoms with E-state index in [1.54, 1.807) is 18.3 Å². The molecule has 0 fully saturated rings. The summed E-state index contributed by atoms with van der Waals surface area (Å²) in [5, 5.41) is 23.9. The molecule has 10 nitrogen and oxygen atoms in total. The third-order valence-corrected chi connectivity index (χ3v) is 4.95. The Morgan fingerprint density at radius 1 is 1.08 bits per heavy atom. The smallest absolute Gasteiger partial charge is 0.475 e. The number of aromatic nitrogens is 2. The molecule has 1 aliphatic heterocycles. The highest BCUT2D eigenvalue weighted by Gasteiger charge is 2.38. The van der Waals surface area contributed by atoms with Gasteiger partial charge in [-0.05, 0) is 30.3 Å². The van der Waals surface area contributed by atoms with Crippen LogP contribution in [0.1, 0.15) is 16.1 Å². The summed E-state index contributed by atoms with van der Waals surface area (Å²) in [5.41, 5.74) is 5.82. The normalized spacial score (nSPS) is 12.5. The molecule has 1 aromatic carbocycles. The molecule has 3 amide bonds. The minimum Gasteiger partial charge on any atom is -0.475 e. The van der Waals surface area contributed by atoms with Gasteiger partial charge in [0.15, 0.2) is 0 Å². The van der Waals surface area contributed by atoms with Gasteiger partial charge in [-0.15, -0.1) is 0 Å². The van der Waals surface area contributed by atoms with Gasteiger partial charge in [-0.3, -0.25) is 9.78 Å². The van der Waals surface area contributed by atoms with Crippen molar-refractivity contribution in [3.63, 3.8) is 0 Å². The molecule has 0 aliphatic carbocycles. The average molecular weight is 505 g/mol. The van der Waals surface area contributed by atoms with E-state index in [9.17, 15) is 22.8 Å². The summed E-state index contributed by atoms with van der Waals surface area (Å²) in [6, 6.07) is 12.7. The van der Waals surface area contributed by atoms with E-state index in [4.69, 9.17) is 15.0 Å². The summed E-state index contributed by atoms with van der Waals surface area (Å²) in [7, 11) is 0. The third-order valence-electron chi connectivity index (χ3n) is 4.95. The van der Waals surface area contributed by atoms with Crippen molar-refractivity contribution in [2.75, 3.05) is 25.0 Å². The number of anilines is 1. The Morgan fingerprint density at radius 3 is 2.39 bits per heavy atom.